The zero-order chi connectivity index (χ0) is 13.9. The Morgan fingerprint density at radius 2 is 1.80 bits per heavy atom. The van der Waals surface area contributed by atoms with E-state index in [0.29, 0.717) is 11.5 Å². The van der Waals surface area contributed by atoms with E-state index in [-0.39, 0.29) is 0 Å². The Bertz CT molecular complexity index is 446. The summed E-state index contributed by atoms with van der Waals surface area (Å²) in [6.07, 6.45) is 8.14. The monoisotopic (exact) mass is 273 g/mol. The highest BCUT2D eigenvalue weighted by molar-refractivity contribution is 6.59. The topological polar surface area (TPSA) is 43.7 Å². The van der Waals surface area contributed by atoms with E-state index in [4.69, 9.17) is 0 Å². The summed E-state index contributed by atoms with van der Waals surface area (Å²) in [7, 11) is -1.36. The maximum absolute atomic E-state index is 9.49. The highest BCUT2D eigenvalue weighted by Gasteiger charge is 2.33. The summed E-state index contributed by atoms with van der Waals surface area (Å²) in [5.41, 5.74) is 1.72. The number of benzene rings is 1. The lowest BCUT2D eigenvalue weighted by Crippen LogP contribution is -2.39. The third kappa shape index (κ3) is 2.92. The zero-order valence-electron chi connectivity index (χ0n) is 12.0. The van der Waals surface area contributed by atoms with Crippen molar-refractivity contribution in [2.75, 3.05) is 6.54 Å². The predicted octanol–water partition coefficient (Wildman–Crippen LogP) is 1.52. The van der Waals surface area contributed by atoms with Gasteiger partial charge in [0.2, 0.25) is 0 Å². The van der Waals surface area contributed by atoms with Crippen LogP contribution in [0.3, 0.4) is 0 Å². The van der Waals surface area contributed by atoms with Gasteiger partial charge in [0.25, 0.3) is 0 Å². The first-order valence-electron chi connectivity index (χ1n) is 7.93. The van der Waals surface area contributed by atoms with E-state index >= 15 is 0 Å². The van der Waals surface area contributed by atoms with Crippen molar-refractivity contribution in [1.29, 1.82) is 0 Å². The van der Waals surface area contributed by atoms with Gasteiger partial charge in [-0.3, -0.25) is 4.90 Å². The van der Waals surface area contributed by atoms with Crippen LogP contribution >= 0.6 is 0 Å². The van der Waals surface area contributed by atoms with Gasteiger partial charge >= 0.3 is 7.12 Å². The van der Waals surface area contributed by atoms with Gasteiger partial charge < -0.3 is 10.0 Å². The van der Waals surface area contributed by atoms with Crippen LogP contribution < -0.4 is 5.46 Å². The molecule has 1 aromatic carbocycles. The molecule has 1 saturated carbocycles. The van der Waals surface area contributed by atoms with Crippen LogP contribution in [-0.2, 0) is 6.54 Å². The Balaban J connectivity index is 1.73. The van der Waals surface area contributed by atoms with Crippen LogP contribution in [0.1, 0.15) is 44.1 Å². The minimum absolute atomic E-state index is 0.657. The average molecular weight is 273 g/mol. The molecule has 0 radical (unpaired) electrons. The van der Waals surface area contributed by atoms with E-state index in [1.807, 2.05) is 24.3 Å². The molecule has 20 heavy (non-hydrogen) atoms. The second-order valence-electron chi connectivity index (χ2n) is 6.30. The van der Waals surface area contributed by atoms with E-state index < -0.39 is 7.12 Å². The number of likely N-dealkylation sites (tertiary alicyclic amines) is 1. The largest absolute Gasteiger partial charge is 0.488 e. The van der Waals surface area contributed by atoms with Gasteiger partial charge in [-0.05, 0) is 49.2 Å². The molecule has 108 valence electrons. The highest BCUT2D eigenvalue weighted by Crippen LogP contribution is 2.35. The molecule has 3 nitrogen and oxygen atoms in total. The van der Waals surface area contributed by atoms with E-state index in [1.165, 1.54) is 38.5 Å². The minimum Gasteiger partial charge on any atom is -0.423 e. The number of nitrogens with zero attached hydrogens (tertiary/aromatic N) is 1. The summed E-state index contributed by atoms with van der Waals surface area (Å²) in [5.74, 6) is 0.865. The summed E-state index contributed by atoms with van der Waals surface area (Å²) in [5, 5.41) is 19.0. The first-order chi connectivity index (χ1) is 9.75. The van der Waals surface area contributed by atoms with Crippen LogP contribution in [0, 0.1) is 5.92 Å². The first-order valence-corrected chi connectivity index (χ1v) is 7.93. The van der Waals surface area contributed by atoms with Crippen molar-refractivity contribution >= 4 is 12.6 Å². The molecule has 0 aromatic heterocycles. The van der Waals surface area contributed by atoms with Crippen LogP contribution in [0.4, 0.5) is 0 Å². The molecular weight excluding hydrogens is 249 g/mol. The maximum Gasteiger partial charge on any atom is 0.488 e. The van der Waals surface area contributed by atoms with Crippen LogP contribution in [0.5, 0.6) is 0 Å². The predicted molar refractivity (Wildman–Crippen MR) is 81.7 cm³/mol. The lowest BCUT2D eigenvalue weighted by Gasteiger charge is -2.30. The van der Waals surface area contributed by atoms with Gasteiger partial charge in [0.05, 0.1) is 0 Å². The van der Waals surface area contributed by atoms with Gasteiger partial charge in [-0.2, -0.15) is 0 Å². The second kappa shape index (κ2) is 6.29. The third-order valence-corrected chi connectivity index (χ3v) is 5.06. The lowest BCUT2D eigenvalue weighted by atomic mass is 9.77. The van der Waals surface area contributed by atoms with Gasteiger partial charge in [0, 0.05) is 12.6 Å². The van der Waals surface area contributed by atoms with Crippen LogP contribution in [-0.4, -0.2) is 34.7 Å². The Hall–Kier alpha value is -0.835. The molecule has 1 unspecified atom stereocenters. The van der Waals surface area contributed by atoms with Gasteiger partial charge in [-0.1, -0.05) is 37.1 Å². The molecule has 1 atom stereocenters. The summed E-state index contributed by atoms with van der Waals surface area (Å²) in [6.45, 7) is 2.01. The first kappa shape index (κ1) is 14.1. The Kier molecular flexibility index (Phi) is 4.44. The van der Waals surface area contributed by atoms with Crippen molar-refractivity contribution in [1.82, 2.24) is 4.90 Å². The van der Waals surface area contributed by atoms with Crippen LogP contribution in [0.15, 0.2) is 24.3 Å². The average Bonchev–Trinajstić information content (AvgIpc) is 3.09. The molecule has 0 bridgehead atoms. The fraction of sp³-hybridized carbons (Fsp3) is 0.625. The fourth-order valence-corrected chi connectivity index (χ4v) is 4.07. The van der Waals surface area contributed by atoms with Gasteiger partial charge in [-0.15, -0.1) is 0 Å². The Labute approximate surface area is 121 Å². The quantitative estimate of drug-likeness (QED) is 0.817. The molecule has 4 heteroatoms. The molecule has 1 aromatic rings. The van der Waals surface area contributed by atoms with Gasteiger partial charge in [-0.25, -0.2) is 0 Å². The van der Waals surface area contributed by atoms with Gasteiger partial charge in [0.15, 0.2) is 0 Å². The normalized spacial score (nSPS) is 24.4. The van der Waals surface area contributed by atoms with E-state index in [2.05, 4.69) is 4.90 Å². The number of rotatable bonds is 4. The summed E-state index contributed by atoms with van der Waals surface area (Å²) in [6, 6.07) is 8.42. The molecule has 3 rings (SSSR count). The van der Waals surface area contributed by atoms with Gasteiger partial charge in [0.1, 0.15) is 0 Å². The SMILES string of the molecule is OB(O)c1ccccc1CN1CCCC1C1CCCC1. The van der Waals surface area contributed by atoms with Crippen molar-refractivity contribution in [3.63, 3.8) is 0 Å². The Morgan fingerprint density at radius 3 is 2.55 bits per heavy atom. The molecule has 1 heterocycles. The molecule has 2 fully saturated rings. The van der Waals surface area contributed by atoms with Crippen molar-refractivity contribution < 1.29 is 10.0 Å². The van der Waals surface area contributed by atoms with Crippen molar-refractivity contribution in [3.8, 4) is 0 Å². The highest BCUT2D eigenvalue weighted by atomic mass is 16.4. The smallest absolute Gasteiger partial charge is 0.423 e. The number of hydrogen-bond donors (Lipinski definition) is 2. The summed E-state index contributed by atoms with van der Waals surface area (Å²) in [4.78, 5) is 2.57. The second-order valence-corrected chi connectivity index (χ2v) is 6.30. The molecular formula is C16H24BNO2. The fourth-order valence-electron chi connectivity index (χ4n) is 4.07. The van der Waals surface area contributed by atoms with Crippen molar-refractivity contribution in [2.45, 2.75) is 51.1 Å². The van der Waals surface area contributed by atoms with Crippen LogP contribution in [0.25, 0.3) is 0 Å². The zero-order valence-corrected chi connectivity index (χ0v) is 12.0. The van der Waals surface area contributed by atoms with E-state index in [1.54, 1.807) is 0 Å². The minimum atomic E-state index is -1.36. The lowest BCUT2D eigenvalue weighted by molar-refractivity contribution is 0.183. The molecule has 2 aliphatic rings. The molecule has 1 aliphatic heterocycles. The van der Waals surface area contributed by atoms with Crippen LogP contribution in [0.2, 0.25) is 0 Å². The van der Waals surface area contributed by atoms with E-state index in [9.17, 15) is 10.0 Å². The molecule has 0 amide bonds. The maximum atomic E-state index is 9.49. The van der Waals surface area contributed by atoms with E-state index in [0.717, 1.165) is 24.6 Å². The number of hydrogen-bond acceptors (Lipinski definition) is 3. The standard InChI is InChI=1S/C16H24BNO2/c19-17(20)15-9-4-3-8-14(15)12-18-11-5-10-16(18)13-6-1-2-7-13/h3-4,8-9,13,16,19-20H,1-2,5-7,10-12H2. The Morgan fingerprint density at radius 1 is 1.05 bits per heavy atom. The molecule has 0 spiro atoms. The molecule has 1 aliphatic carbocycles. The summed E-state index contributed by atoms with van der Waals surface area (Å²) < 4.78 is 0. The van der Waals surface area contributed by atoms with Crippen molar-refractivity contribution in [3.05, 3.63) is 29.8 Å². The molecule has 2 N–H and O–H groups in total. The van der Waals surface area contributed by atoms with Crippen molar-refractivity contribution in [2.24, 2.45) is 5.92 Å². The third-order valence-electron chi connectivity index (χ3n) is 5.06. The summed E-state index contributed by atoms with van der Waals surface area (Å²) >= 11 is 0. The molecule has 1 saturated heterocycles.